The molecular formula is C24H21N7O2. The van der Waals surface area contributed by atoms with E-state index in [9.17, 15) is 9.59 Å². The maximum absolute atomic E-state index is 12.5. The van der Waals surface area contributed by atoms with Gasteiger partial charge in [-0.3, -0.25) is 19.0 Å². The summed E-state index contributed by atoms with van der Waals surface area (Å²) in [7, 11) is 0. The maximum atomic E-state index is 12.5. The second kappa shape index (κ2) is 9.01. The molecule has 5 aromatic heterocycles. The van der Waals surface area contributed by atoms with Crippen LogP contribution in [0.25, 0.3) is 11.3 Å². The predicted octanol–water partition coefficient (Wildman–Crippen LogP) is 1.96. The Morgan fingerprint density at radius 1 is 0.909 bits per heavy atom. The van der Waals surface area contributed by atoms with Gasteiger partial charge < -0.3 is 15.0 Å². The number of rotatable bonds is 7. The van der Waals surface area contributed by atoms with E-state index < -0.39 is 5.91 Å². The summed E-state index contributed by atoms with van der Waals surface area (Å²) in [6.45, 7) is 1.67. The molecule has 0 bridgehead atoms. The van der Waals surface area contributed by atoms with Gasteiger partial charge in [0.2, 0.25) is 0 Å². The second-order valence-corrected chi connectivity index (χ2v) is 7.59. The molecule has 0 aliphatic heterocycles. The van der Waals surface area contributed by atoms with Crippen molar-refractivity contribution in [1.82, 2.24) is 34.4 Å². The zero-order valence-corrected chi connectivity index (χ0v) is 17.7. The third-order valence-electron chi connectivity index (χ3n) is 5.18. The van der Waals surface area contributed by atoms with Gasteiger partial charge in [-0.15, -0.1) is 0 Å². The van der Waals surface area contributed by atoms with Crippen molar-refractivity contribution in [2.75, 3.05) is 0 Å². The monoisotopic (exact) mass is 439 g/mol. The van der Waals surface area contributed by atoms with Crippen molar-refractivity contribution >= 4 is 17.2 Å². The number of nitrogens with zero attached hydrogens (tertiary/aromatic N) is 5. The lowest BCUT2D eigenvalue weighted by atomic mass is 10.2. The minimum absolute atomic E-state index is 0.0805. The van der Waals surface area contributed by atoms with Gasteiger partial charge in [-0.2, -0.15) is 0 Å². The smallest absolute Gasteiger partial charge is 0.270 e. The Morgan fingerprint density at radius 2 is 1.82 bits per heavy atom. The third kappa shape index (κ3) is 4.63. The average Bonchev–Trinajstić information content (AvgIpc) is 3.25. The minimum atomic E-state index is -0.421. The molecule has 2 N–H and O–H groups in total. The van der Waals surface area contributed by atoms with Crippen LogP contribution < -0.4 is 16.2 Å². The summed E-state index contributed by atoms with van der Waals surface area (Å²) in [6, 6.07) is 14.3. The van der Waals surface area contributed by atoms with Crippen molar-refractivity contribution in [1.29, 1.82) is 0 Å². The number of amides is 1. The highest BCUT2D eigenvalue weighted by atomic mass is 16.2. The molecule has 9 heteroatoms. The Balaban J connectivity index is 1.23. The molecule has 0 saturated heterocycles. The van der Waals surface area contributed by atoms with Crippen LogP contribution in [0, 0.1) is 0 Å². The zero-order chi connectivity index (χ0) is 22.6. The predicted molar refractivity (Wildman–Crippen MR) is 123 cm³/mol. The standard InChI is InChI=1S/C24H21N7O2/c32-23-10-20(29-22-5-1-2-9-31(22)23)24(33)27-14-19-16-30-15-18(6-7-21(30)28-19)13-26-12-17-4-3-8-25-11-17/h1-11,15-16,26H,12-14H2,(H,27,33). The molecule has 9 nitrogen and oxygen atoms in total. The maximum Gasteiger partial charge on any atom is 0.270 e. The van der Waals surface area contributed by atoms with E-state index in [0.29, 0.717) is 17.9 Å². The Bertz CT molecular complexity index is 1490. The number of carbonyl (C=O) groups is 1. The van der Waals surface area contributed by atoms with Crippen molar-refractivity contribution in [3.05, 3.63) is 112 Å². The summed E-state index contributed by atoms with van der Waals surface area (Å²) >= 11 is 0. The second-order valence-electron chi connectivity index (χ2n) is 7.59. The summed E-state index contributed by atoms with van der Waals surface area (Å²) in [5, 5.41) is 6.19. The van der Waals surface area contributed by atoms with E-state index in [2.05, 4.69) is 25.6 Å². The SMILES string of the molecule is O=C(NCc1cn2cc(CNCc3cccnc3)ccc2n1)c1cc(=O)n2ccccc2n1. The van der Waals surface area contributed by atoms with Gasteiger partial charge in [0.05, 0.1) is 12.2 Å². The molecule has 33 heavy (non-hydrogen) atoms. The highest BCUT2D eigenvalue weighted by Crippen LogP contribution is 2.09. The first-order valence-corrected chi connectivity index (χ1v) is 10.5. The third-order valence-corrected chi connectivity index (χ3v) is 5.18. The number of fused-ring (bicyclic) bond motifs is 2. The van der Waals surface area contributed by atoms with E-state index in [4.69, 9.17) is 0 Å². The van der Waals surface area contributed by atoms with Crippen LogP contribution in [0.1, 0.15) is 27.3 Å². The van der Waals surface area contributed by atoms with Gasteiger partial charge in [-0.25, -0.2) is 9.97 Å². The highest BCUT2D eigenvalue weighted by molar-refractivity contribution is 5.92. The number of hydrogen-bond donors (Lipinski definition) is 2. The quantitative estimate of drug-likeness (QED) is 0.402. The Morgan fingerprint density at radius 3 is 2.70 bits per heavy atom. The van der Waals surface area contributed by atoms with Crippen LogP contribution in [0.2, 0.25) is 0 Å². The lowest BCUT2D eigenvalue weighted by molar-refractivity contribution is 0.0945. The summed E-state index contributed by atoms with van der Waals surface area (Å²) in [4.78, 5) is 37.7. The molecule has 0 spiro atoms. The van der Waals surface area contributed by atoms with Gasteiger partial charge in [0.1, 0.15) is 17.0 Å². The van der Waals surface area contributed by atoms with Crippen LogP contribution in [0.15, 0.2) is 84.3 Å². The molecule has 1 amide bonds. The zero-order valence-electron chi connectivity index (χ0n) is 17.7. The van der Waals surface area contributed by atoms with Crippen LogP contribution >= 0.6 is 0 Å². The average molecular weight is 439 g/mol. The number of hydrogen-bond acceptors (Lipinski definition) is 6. The van der Waals surface area contributed by atoms with Crippen molar-refractivity contribution in [2.45, 2.75) is 19.6 Å². The molecule has 0 atom stereocenters. The van der Waals surface area contributed by atoms with Gasteiger partial charge in [0.15, 0.2) is 0 Å². The van der Waals surface area contributed by atoms with E-state index in [-0.39, 0.29) is 17.8 Å². The van der Waals surface area contributed by atoms with Gasteiger partial charge in [-0.1, -0.05) is 18.2 Å². The molecule has 5 rings (SSSR count). The van der Waals surface area contributed by atoms with Crippen LogP contribution in [0.3, 0.4) is 0 Å². The molecule has 5 aromatic rings. The fraction of sp³-hybridized carbons (Fsp3) is 0.125. The molecule has 0 unspecified atom stereocenters. The fourth-order valence-electron chi connectivity index (χ4n) is 3.57. The number of carbonyl (C=O) groups excluding carboxylic acids is 1. The highest BCUT2D eigenvalue weighted by Gasteiger charge is 2.11. The number of aromatic nitrogens is 5. The van der Waals surface area contributed by atoms with Crippen LogP contribution in [-0.4, -0.2) is 29.7 Å². The molecule has 5 heterocycles. The largest absolute Gasteiger partial charge is 0.345 e. The molecule has 0 aromatic carbocycles. The molecule has 0 radical (unpaired) electrons. The molecule has 0 saturated carbocycles. The van der Waals surface area contributed by atoms with Crippen LogP contribution in [0.5, 0.6) is 0 Å². The van der Waals surface area contributed by atoms with E-state index in [1.54, 1.807) is 30.6 Å². The summed E-state index contributed by atoms with van der Waals surface area (Å²) in [5.41, 5.74) is 3.94. The lowest BCUT2D eigenvalue weighted by Crippen LogP contribution is -2.27. The van der Waals surface area contributed by atoms with Crippen molar-refractivity contribution < 1.29 is 4.79 Å². The number of imidazole rings is 1. The number of nitrogens with one attached hydrogen (secondary N) is 2. The minimum Gasteiger partial charge on any atom is -0.345 e. The first-order valence-electron chi connectivity index (χ1n) is 10.5. The molecule has 0 aliphatic carbocycles. The van der Waals surface area contributed by atoms with Gasteiger partial charge in [0, 0.05) is 50.1 Å². The Hall–Kier alpha value is -4.37. The molecular weight excluding hydrogens is 418 g/mol. The van der Waals surface area contributed by atoms with Crippen molar-refractivity contribution in [3.63, 3.8) is 0 Å². The number of pyridine rings is 3. The molecule has 0 fully saturated rings. The topological polar surface area (TPSA) is 106 Å². The molecule has 0 aliphatic rings. The fourth-order valence-corrected chi connectivity index (χ4v) is 3.57. The first kappa shape index (κ1) is 20.5. The van der Waals surface area contributed by atoms with E-state index >= 15 is 0 Å². The van der Waals surface area contributed by atoms with Gasteiger partial charge in [0.25, 0.3) is 11.5 Å². The van der Waals surface area contributed by atoms with Gasteiger partial charge in [-0.05, 0) is 35.4 Å². The normalized spacial score (nSPS) is 11.2. The lowest BCUT2D eigenvalue weighted by Gasteiger charge is -2.05. The Labute approximate surface area is 188 Å². The van der Waals surface area contributed by atoms with E-state index in [1.165, 1.54) is 10.5 Å². The molecule has 164 valence electrons. The van der Waals surface area contributed by atoms with Crippen LogP contribution in [0.4, 0.5) is 0 Å². The summed E-state index contributed by atoms with van der Waals surface area (Å²) in [5.74, 6) is -0.421. The Kier molecular flexibility index (Phi) is 5.61. The van der Waals surface area contributed by atoms with Crippen LogP contribution in [-0.2, 0) is 19.6 Å². The summed E-state index contributed by atoms with van der Waals surface area (Å²) in [6.07, 6.45) is 9.11. The summed E-state index contributed by atoms with van der Waals surface area (Å²) < 4.78 is 3.32. The van der Waals surface area contributed by atoms with Crippen molar-refractivity contribution in [2.24, 2.45) is 0 Å². The van der Waals surface area contributed by atoms with Gasteiger partial charge >= 0.3 is 0 Å². The van der Waals surface area contributed by atoms with E-state index in [1.807, 2.05) is 47.3 Å². The van der Waals surface area contributed by atoms with E-state index in [0.717, 1.165) is 23.3 Å². The first-order chi connectivity index (χ1) is 16.2. The van der Waals surface area contributed by atoms with Crippen molar-refractivity contribution in [3.8, 4) is 0 Å².